The van der Waals surface area contributed by atoms with Crippen molar-refractivity contribution in [3.63, 3.8) is 0 Å². The second-order valence-corrected chi connectivity index (χ2v) is 8.47. The summed E-state index contributed by atoms with van der Waals surface area (Å²) in [4.78, 5) is 17.3. The second-order valence-electron chi connectivity index (χ2n) is 8.47. The van der Waals surface area contributed by atoms with Gasteiger partial charge in [0.2, 0.25) is 5.91 Å². The number of rotatable bonds is 8. The van der Waals surface area contributed by atoms with Crippen LogP contribution in [0.1, 0.15) is 44.0 Å². The number of nitrogens with zero attached hydrogens (tertiary/aromatic N) is 4. The van der Waals surface area contributed by atoms with Gasteiger partial charge in [0.25, 0.3) is 0 Å². The van der Waals surface area contributed by atoms with E-state index >= 15 is 0 Å². The molecule has 1 aromatic heterocycles. The highest BCUT2D eigenvalue weighted by Gasteiger charge is 2.42. The van der Waals surface area contributed by atoms with Crippen molar-refractivity contribution in [2.75, 3.05) is 46.4 Å². The summed E-state index contributed by atoms with van der Waals surface area (Å²) >= 11 is 0. The molecule has 0 bridgehead atoms. The van der Waals surface area contributed by atoms with E-state index in [4.69, 9.17) is 4.74 Å². The van der Waals surface area contributed by atoms with E-state index in [9.17, 15) is 4.79 Å². The minimum Gasteiger partial charge on any atom is -0.383 e. The molecule has 3 rings (SSSR count). The summed E-state index contributed by atoms with van der Waals surface area (Å²) in [5.74, 6) is 1.13. The number of methoxy groups -OCH3 is 1. The number of amides is 1. The van der Waals surface area contributed by atoms with Gasteiger partial charge in [-0.2, -0.15) is 5.10 Å². The Balaban J connectivity index is 1.71. The van der Waals surface area contributed by atoms with Crippen LogP contribution in [0.15, 0.2) is 6.20 Å². The first-order chi connectivity index (χ1) is 13.5. The number of aryl methyl sites for hydroxylation is 1. The Morgan fingerprint density at radius 2 is 2.18 bits per heavy atom. The first-order valence-corrected chi connectivity index (χ1v) is 10.7. The Labute approximate surface area is 169 Å². The van der Waals surface area contributed by atoms with Gasteiger partial charge in [-0.15, -0.1) is 0 Å². The normalized spacial score (nSPS) is 29.0. The molecule has 0 saturated carbocycles. The van der Waals surface area contributed by atoms with E-state index in [1.807, 2.05) is 22.8 Å². The van der Waals surface area contributed by atoms with Crippen LogP contribution in [0.25, 0.3) is 0 Å². The molecule has 2 aliphatic rings. The molecule has 4 atom stereocenters. The Hall–Kier alpha value is -1.44. The van der Waals surface area contributed by atoms with Gasteiger partial charge in [0.15, 0.2) is 0 Å². The molecule has 1 amide bonds. The van der Waals surface area contributed by atoms with Crippen molar-refractivity contribution in [3.05, 3.63) is 17.5 Å². The topological polar surface area (TPSA) is 62.6 Å². The van der Waals surface area contributed by atoms with Gasteiger partial charge in [-0.05, 0) is 32.4 Å². The SMILES string of the molecule is CCN1CCC(NC[C@@H]2CC(=O)N(CCOC)[C@H]2c2cnn(C)c2C)C(C)C1. The standard InChI is InChI=1S/C21H37N5O2/c1-6-25-8-7-19(15(2)14-25)22-12-17-11-20(27)26(9-10-28-5)21(17)18-13-23-24(4)16(18)3/h13,15,17,19,21-22H,6-12,14H2,1-5H3/t15?,17-,19?,21+/m0/s1. The van der Waals surface area contributed by atoms with Gasteiger partial charge in [0, 0.05) is 63.4 Å². The lowest BCUT2D eigenvalue weighted by Crippen LogP contribution is -2.49. The third-order valence-corrected chi connectivity index (χ3v) is 6.75. The highest BCUT2D eigenvalue weighted by molar-refractivity contribution is 5.79. The summed E-state index contributed by atoms with van der Waals surface area (Å²) in [5, 5.41) is 8.25. The van der Waals surface area contributed by atoms with Crippen molar-refractivity contribution in [1.29, 1.82) is 0 Å². The summed E-state index contributed by atoms with van der Waals surface area (Å²) in [5.41, 5.74) is 2.31. The molecule has 2 aliphatic heterocycles. The second kappa shape index (κ2) is 9.37. The van der Waals surface area contributed by atoms with Crippen molar-refractivity contribution >= 4 is 5.91 Å². The fraction of sp³-hybridized carbons (Fsp3) is 0.810. The molecule has 0 spiro atoms. The van der Waals surface area contributed by atoms with Crippen molar-refractivity contribution < 1.29 is 9.53 Å². The van der Waals surface area contributed by atoms with Crippen LogP contribution in [0.3, 0.4) is 0 Å². The number of hydrogen-bond acceptors (Lipinski definition) is 5. The molecule has 7 nitrogen and oxygen atoms in total. The summed E-state index contributed by atoms with van der Waals surface area (Å²) in [6.07, 6.45) is 3.71. The highest BCUT2D eigenvalue weighted by atomic mass is 16.5. The fourth-order valence-corrected chi connectivity index (χ4v) is 4.85. The molecule has 7 heteroatoms. The maximum atomic E-state index is 12.8. The molecule has 28 heavy (non-hydrogen) atoms. The predicted octanol–water partition coefficient (Wildman–Crippen LogP) is 1.58. The number of likely N-dealkylation sites (tertiary alicyclic amines) is 2. The molecule has 2 unspecified atom stereocenters. The lowest BCUT2D eigenvalue weighted by molar-refractivity contribution is -0.129. The maximum absolute atomic E-state index is 12.8. The zero-order valence-corrected chi connectivity index (χ0v) is 18.1. The lowest BCUT2D eigenvalue weighted by Gasteiger charge is -2.38. The van der Waals surface area contributed by atoms with Crippen LogP contribution < -0.4 is 5.32 Å². The molecule has 158 valence electrons. The Morgan fingerprint density at radius 1 is 1.39 bits per heavy atom. The Kier molecular flexibility index (Phi) is 7.12. The number of nitrogens with one attached hydrogen (secondary N) is 1. The van der Waals surface area contributed by atoms with Gasteiger partial charge in [-0.3, -0.25) is 9.48 Å². The fourth-order valence-electron chi connectivity index (χ4n) is 4.85. The van der Waals surface area contributed by atoms with Crippen molar-refractivity contribution in [3.8, 4) is 0 Å². The highest BCUT2D eigenvalue weighted by Crippen LogP contribution is 2.39. The van der Waals surface area contributed by atoms with Crippen LogP contribution in [0.4, 0.5) is 0 Å². The Bertz CT molecular complexity index is 661. The summed E-state index contributed by atoms with van der Waals surface area (Å²) in [6.45, 7) is 12.2. The molecule has 0 aromatic carbocycles. The predicted molar refractivity (Wildman–Crippen MR) is 110 cm³/mol. The van der Waals surface area contributed by atoms with Gasteiger partial charge < -0.3 is 19.9 Å². The quantitative estimate of drug-likeness (QED) is 0.729. The van der Waals surface area contributed by atoms with E-state index in [1.165, 1.54) is 12.0 Å². The molecule has 0 radical (unpaired) electrons. The molecular formula is C21H37N5O2. The number of piperidine rings is 1. The van der Waals surface area contributed by atoms with Gasteiger partial charge in [-0.1, -0.05) is 13.8 Å². The van der Waals surface area contributed by atoms with Crippen LogP contribution >= 0.6 is 0 Å². The van der Waals surface area contributed by atoms with E-state index in [-0.39, 0.29) is 17.9 Å². The van der Waals surface area contributed by atoms with E-state index in [0.29, 0.717) is 31.5 Å². The average Bonchev–Trinajstić information content (AvgIpc) is 3.17. The number of ether oxygens (including phenoxy) is 1. The van der Waals surface area contributed by atoms with Crippen LogP contribution in [0, 0.1) is 18.8 Å². The summed E-state index contributed by atoms with van der Waals surface area (Å²) in [7, 11) is 3.65. The molecular weight excluding hydrogens is 354 g/mol. The van der Waals surface area contributed by atoms with Crippen LogP contribution in [0.2, 0.25) is 0 Å². The molecule has 0 aliphatic carbocycles. The molecule has 1 aromatic rings. The molecule has 2 saturated heterocycles. The van der Waals surface area contributed by atoms with Crippen LogP contribution in [-0.4, -0.2) is 78.0 Å². The third kappa shape index (κ3) is 4.42. The zero-order chi connectivity index (χ0) is 20.3. The average molecular weight is 392 g/mol. The molecule has 2 fully saturated rings. The number of aromatic nitrogens is 2. The summed E-state index contributed by atoms with van der Waals surface area (Å²) < 4.78 is 7.16. The number of carbonyl (C=O) groups is 1. The van der Waals surface area contributed by atoms with Crippen LogP contribution in [-0.2, 0) is 16.6 Å². The largest absolute Gasteiger partial charge is 0.383 e. The van der Waals surface area contributed by atoms with E-state index in [2.05, 4.69) is 36.1 Å². The third-order valence-electron chi connectivity index (χ3n) is 6.75. The lowest BCUT2D eigenvalue weighted by atomic mass is 9.90. The van der Waals surface area contributed by atoms with Crippen molar-refractivity contribution in [1.82, 2.24) is 24.9 Å². The van der Waals surface area contributed by atoms with E-state index < -0.39 is 0 Å². The smallest absolute Gasteiger partial charge is 0.223 e. The Morgan fingerprint density at radius 3 is 2.79 bits per heavy atom. The first kappa shape index (κ1) is 21.3. The van der Waals surface area contributed by atoms with Gasteiger partial charge in [0.05, 0.1) is 18.8 Å². The number of carbonyl (C=O) groups excluding carboxylic acids is 1. The zero-order valence-electron chi connectivity index (χ0n) is 18.1. The van der Waals surface area contributed by atoms with E-state index in [1.54, 1.807) is 7.11 Å². The van der Waals surface area contributed by atoms with Gasteiger partial charge in [0.1, 0.15) is 0 Å². The van der Waals surface area contributed by atoms with Crippen molar-refractivity contribution in [2.24, 2.45) is 18.9 Å². The van der Waals surface area contributed by atoms with Crippen LogP contribution in [0.5, 0.6) is 0 Å². The minimum absolute atomic E-state index is 0.0786. The molecule has 1 N–H and O–H groups in total. The molecule has 3 heterocycles. The van der Waals surface area contributed by atoms with Gasteiger partial charge >= 0.3 is 0 Å². The maximum Gasteiger partial charge on any atom is 0.223 e. The minimum atomic E-state index is 0.0786. The first-order valence-electron chi connectivity index (χ1n) is 10.7. The van der Waals surface area contributed by atoms with Crippen molar-refractivity contribution in [2.45, 2.75) is 45.7 Å². The number of hydrogen-bond donors (Lipinski definition) is 1. The van der Waals surface area contributed by atoms with E-state index in [0.717, 1.165) is 31.9 Å². The monoisotopic (exact) mass is 391 g/mol. The summed E-state index contributed by atoms with van der Waals surface area (Å²) in [6, 6.07) is 0.608. The van der Waals surface area contributed by atoms with Gasteiger partial charge in [-0.25, -0.2) is 0 Å².